The topological polar surface area (TPSA) is 53.1 Å². The third-order valence-corrected chi connectivity index (χ3v) is 5.43. The summed E-state index contributed by atoms with van der Waals surface area (Å²) >= 11 is 0. The van der Waals surface area contributed by atoms with Crippen LogP contribution in [0.4, 0.5) is 0 Å². The molecule has 3 aliphatic rings. The maximum atomic E-state index is 12.7. The number of nitrogens with zero attached hydrogens (tertiary/aromatic N) is 3. The normalized spacial score (nSPS) is 28.0. The van der Waals surface area contributed by atoms with Gasteiger partial charge >= 0.3 is 0 Å². The van der Waals surface area contributed by atoms with Gasteiger partial charge in [0, 0.05) is 51.2 Å². The summed E-state index contributed by atoms with van der Waals surface area (Å²) in [5, 5.41) is 0. The first-order chi connectivity index (χ1) is 11.1. The van der Waals surface area contributed by atoms with E-state index in [1.54, 1.807) is 0 Å². The van der Waals surface area contributed by atoms with Crippen molar-refractivity contribution in [3.8, 4) is 0 Å². The average molecular weight is 323 g/mol. The molecule has 0 bridgehead atoms. The lowest BCUT2D eigenvalue weighted by Crippen LogP contribution is -2.55. The Morgan fingerprint density at radius 2 is 1.91 bits per heavy atom. The van der Waals surface area contributed by atoms with Gasteiger partial charge in [-0.2, -0.15) is 0 Å². The predicted octanol–water partition coefficient (Wildman–Crippen LogP) is 0.709. The second kappa shape index (κ2) is 7.18. The molecular weight excluding hydrogens is 294 g/mol. The van der Waals surface area contributed by atoms with E-state index < -0.39 is 0 Å². The van der Waals surface area contributed by atoms with E-state index in [9.17, 15) is 9.59 Å². The fourth-order valence-electron chi connectivity index (χ4n) is 3.94. The summed E-state index contributed by atoms with van der Waals surface area (Å²) in [5.41, 5.74) is 0. The van der Waals surface area contributed by atoms with E-state index in [2.05, 4.69) is 18.7 Å². The molecule has 0 unspecified atom stereocenters. The molecule has 0 aromatic heterocycles. The number of piperidine rings is 1. The van der Waals surface area contributed by atoms with Crippen LogP contribution in [0.3, 0.4) is 0 Å². The lowest BCUT2D eigenvalue weighted by atomic mass is 10.0. The number of carbonyl (C=O) groups is 2. The van der Waals surface area contributed by atoms with Crippen LogP contribution in [0, 0.1) is 0 Å². The number of ether oxygens (including phenoxy) is 1. The molecule has 2 amide bonds. The molecule has 6 nitrogen and oxygen atoms in total. The van der Waals surface area contributed by atoms with E-state index in [0.29, 0.717) is 31.7 Å². The number of carbonyl (C=O) groups excluding carboxylic acids is 2. The van der Waals surface area contributed by atoms with Crippen molar-refractivity contribution in [3.05, 3.63) is 0 Å². The Morgan fingerprint density at radius 1 is 1.17 bits per heavy atom. The number of hydrogen-bond acceptors (Lipinski definition) is 4. The third-order valence-electron chi connectivity index (χ3n) is 5.43. The number of likely N-dealkylation sites (tertiary alicyclic amines) is 2. The van der Waals surface area contributed by atoms with Crippen molar-refractivity contribution in [2.45, 2.75) is 57.7 Å². The summed E-state index contributed by atoms with van der Waals surface area (Å²) in [5.74, 6) is 0.416. The Bertz CT molecular complexity index is 446. The van der Waals surface area contributed by atoms with Gasteiger partial charge in [0.15, 0.2) is 0 Å². The molecule has 6 heteroatoms. The first-order valence-electron chi connectivity index (χ1n) is 9.00. The second-order valence-electron chi connectivity index (χ2n) is 7.20. The van der Waals surface area contributed by atoms with Crippen LogP contribution in [0.1, 0.15) is 39.5 Å². The van der Waals surface area contributed by atoms with Gasteiger partial charge in [0.1, 0.15) is 6.10 Å². The van der Waals surface area contributed by atoms with E-state index >= 15 is 0 Å². The molecule has 1 atom stereocenters. The van der Waals surface area contributed by atoms with Gasteiger partial charge < -0.3 is 14.5 Å². The minimum atomic E-state index is -0.323. The molecule has 3 rings (SSSR count). The van der Waals surface area contributed by atoms with Gasteiger partial charge in [0.05, 0.1) is 6.61 Å². The highest BCUT2D eigenvalue weighted by atomic mass is 16.5. The van der Waals surface area contributed by atoms with Gasteiger partial charge in [-0.1, -0.05) is 0 Å². The zero-order chi connectivity index (χ0) is 16.4. The van der Waals surface area contributed by atoms with Crippen molar-refractivity contribution in [2.24, 2.45) is 0 Å². The molecule has 0 N–H and O–H groups in total. The van der Waals surface area contributed by atoms with Crippen LogP contribution in [0.2, 0.25) is 0 Å². The van der Waals surface area contributed by atoms with Gasteiger partial charge in [-0.3, -0.25) is 14.5 Å². The van der Waals surface area contributed by atoms with Crippen molar-refractivity contribution in [2.75, 3.05) is 39.3 Å². The monoisotopic (exact) mass is 323 g/mol. The Labute approximate surface area is 138 Å². The van der Waals surface area contributed by atoms with Crippen LogP contribution in [0.25, 0.3) is 0 Å². The first-order valence-corrected chi connectivity index (χ1v) is 9.00. The van der Waals surface area contributed by atoms with Crippen molar-refractivity contribution < 1.29 is 14.3 Å². The Balaban J connectivity index is 1.51. The fraction of sp³-hybridized carbons (Fsp3) is 0.882. The minimum absolute atomic E-state index is 0.126. The molecule has 0 aromatic carbocycles. The summed E-state index contributed by atoms with van der Waals surface area (Å²) in [6, 6.07) is 0.773. The van der Waals surface area contributed by atoms with Crippen molar-refractivity contribution in [3.63, 3.8) is 0 Å². The maximum Gasteiger partial charge on any atom is 0.253 e. The quantitative estimate of drug-likeness (QED) is 0.767. The highest BCUT2D eigenvalue weighted by Gasteiger charge is 2.35. The molecule has 0 radical (unpaired) electrons. The first kappa shape index (κ1) is 16.7. The molecule has 3 heterocycles. The Hall–Kier alpha value is -1.14. The van der Waals surface area contributed by atoms with Crippen LogP contribution < -0.4 is 0 Å². The smallest absolute Gasteiger partial charge is 0.253 e. The van der Waals surface area contributed by atoms with E-state index in [0.717, 1.165) is 45.4 Å². The van der Waals surface area contributed by atoms with Crippen LogP contribution in [-0.2, 0) is 14.3 Å². The number of rotatable bonds is 3. The van der Waals surface area contributed by atoms with Crippen molar-refractivity contribution in [1.29, 1.82) is 0 Å². The van der Waals surface area contributed by atoms with Crippen LogP contribution >= 0.6 is 0 Å². The maximum absolute atomic E-state index is 12.7. The highest BCUT2D eigenvalue weighted by Crippen LogP contribution is 2.23. The number of morpholine rings is 1. The Kier molecular flexibility index (Phi) is 5.21. The SMILES string of the molecule is CC(C)N1CCO[C@H](C(=O)N2CCC(N3CCCC3=O)CC2)C1. The standard InChI is InChI=1S/C17H29N3O3/c1-13(2)19-10-11-23-15(12-19)17(22)18-8-5-14(6-9-18)20-7-3-4-16(20)21/h13-15H,3-12H2,1-2H3/t15-/m0/s1. The van der Waals surface area contributed by atoms with Gasteiger partial charge in [-0.05, 0) is 33.1 Å². The third kappa shape index (κ3) is 3.69. The zero-order valence-corrected chi connectivity index (χ0v) is 14.4. The molecule has 0 saturated carbocycles. The van der Waals surface area contributed by atoms with Gasteiger partial charge in [-0.25, -0.2) is 0 Å². The fourth-order valence-corrected chi connectivity index (χ4v) is 3.94. The summed E-state index contributed by atoms with van der Waals surface area (Å²) in [7, 11) is 0. The minimum Gasteiger partial charge on any atom is -0.366 e. The largest absolute Gasteiger partial charge is 0.366 e. The summed E-state index contributed by atoms with van der Waals surface area (Å²) < 4.78 is 5.72. The van der Waals surface area contributed by atoms with Gasteiger partial charge in [-0.15, -0.1) is 0 Å². The summed E-state index contributed by atoms with van der Waals surface area (Å²) in [4.78, 5) is 30.8. The average Bonchev–Trinajstić information content (AvgIpc) is 3.00. The lowest BCUT2D eigenvalue weighted by molar-refractivity contribution is -0.152. The van der Waals surface area contributed by atoms with E-state index in [1.807, 2.05) is 9.80 Å². The summed E-state index contributed by atoms with van der Waals surface area (Å²) in [6.07, 6.45) is 3.16. The predicted molar refractivity (Wildman–Crippen MR) is 87.0 cm³/mol. The molecule has 3 aliphatic heterocycles. The highest BCUT2D eigenvalue weighted by molar-refractivity contribution is 5.81. The molecule has 0 aliphatic carbocycles. The number of amides is 2. The molecule has 3 saturated heterocycles. The molecule has 130 valence electrons. The van der Waals surface area contributed by atoms with E-state index in [1.165, 1.54) is 0 Å². The van der Waals surface area contributed by atoms with Gasteiger partial charge in [0.2, 0.25) is 5.91 Å². The molecule has 3 fully saturated rings. The van der Waals surface area contributed by atoms with E-state index in [4.69, 9.17) is 4.74 Å². The van der Waals surface area contributed by atoms with Crippen molar-refractivity contribution in [1.82, 2.24) is 14.7 Å². The van der Waals surface area contributed by atoms with Crippen LogP contribution in [0.5, 0.6) is 0 Å². The number of hydrogen-bond donors (Lipinski definition) is 0. The lowest BCUT2D eigenvalue weighted by Gasteiger charge is -2.40. The van der Waals surface area contributed by atoms with Crippen LogP contribution in [-0.4, -0.2) is 84.0 Å². The Morgan fingerprint density at radius 3 is 2.52 bits per heavy atom. The van der Waals surface area contributed by atoms with Crippen molar-refractivity contribution >= 4 is 11.8 Å². The second-order valence-corrected chi connectivity index (χ2v) is 7.20. The zero-order valence-electron chi connectivity index (χ0n) is 14.4. The molecule has 23 heavy (non-hydrogen) atoms. The van der Waals surface area contributed by atoms with Crippen LogP contribution in [0.15, 0.2) is 0 Å². The van der Waals surface area contributed by atoms with E-state index in [-0.39, 0.29) is 17.9 Å². The molecule has 0 spiro atoms. The van der Waals surface area contributed by atoms with Gasteiger partial charge in [0.25, 0.3) is 5.91 Å². The molecular formula is C17H29N3O3. The summed E-state index contributed by atoms with van der Waals surface area (Å²) in [6.45, 7) is 8.93. The molecule has 0 aromatic rings.